The number of carboxylic acids is 1. The van der Waals surface area contributed by atoms with E-state index in [2.05, 4.69) is 15.5 Å². The Bertz CT molecular complexity index is 1210. The number of benzene rings is 2. The van der Waals surface area contributed by atoms with Crippen LogP contribution in [0.25, 0.3) is 0 Å². The van der Waals surface area contributed by atoms with E-state index in [1.807, 2.05) is 20.9 Å². The molecule has 0 bridgehead atoms. The number of nitrogens with one attached hydrogen (secondary N) is 2. The van der Waals surface area contributed by atoms with Crippen LogP contribution in [0.1, 0.15) is 72.2 Å². The Kier molecular flexibility index (Phi) is 10.2. The summed E-state index contributed by atoms with van der Waals surface area (Å²) in [5.74, 6) is -0.828. The second-order valence-electron chi connectivity index (χ2n) is 11.5. The summed E-state index contributed by atoms with van der Waals surface area (Å²) in [6, 6.07) is 11.4. The molecule has 3 atom stereocenters. The van der Waals surface area contributed by atoms with Crippen molar-refractivity contribution in [3.8, 4) is 5.75 Å². The number of carboxylic acid groups (broad SMARTS) is 1. The summed E-state index contributed by atoms with van der Waals surface area (Å²) in [5, 5.41) is 25.0. The lowest BCUT2D eigenvalue weighted by atomic mass is 9.96. The van der Waals surface area contributed by atoms with Gasteiger partial charge in [-0.05, 0) is 62.7 Å². The molecule has 1 aliphatic heterocycles. The molecule has 222 valence electrons. The molecule has 0 spiro atoms. The fraction of sp³-hybridized carbons (Fsp3) is 0.516. The molecule has 3 amide bonds. The Morgan fingerprint density at radius 1 is 1.12 bits per heavy atom. The fourth-order valence-electron chi connectivity index (χ4n) is 5.55. The number of carbonyl (C=O) groups is 3. The first-order chi connectivity index (χ1) is 19.6. The van der Waals surface area contributed by atoms with Crippen LogP contribution in [0.15, 0.2) is 42.5 Å². The van der Waals surface area contributed by atoms with Gasteiger partial charge in [0.25, 0.3) is 5.91 Å². The molecule has 10 nitrogen and oxygen atoms in total. The van der Waals surface area contributed by atoms with Crippen molar-refractivity contribution in [2.24, 2.45) is 5.92 Å². The molecule has 2 aromatic carbocycles. The molecular weight excluding hydrogens is 524 g/mol. The molecule has 4 rings (SSSR count). The molecule has 0 aromatic heterocycles. The lowest BCUT2D eigenvalue weighted by Gasteiger charge is -2.38. The van der Waals surface area contributed by atoms with Crippen LogP contribution in [0.5, 0.6) is 5.75 Å². The highest BCUT2D eigenvalue weighted by Gasteiger charge is 2.33. The zero-order chi connectivity index (χ0) is 29.5. The summed E-state index contributed by atoms with van der Waals surface area (Å²) in [4.78, 5) is 41.3. The summed E-state index contributed by atoms with van der Waals surface area (Å²) in [5.41, 5.74) is 2.06. The standard InChI is InChI=1S/C31H42N4O6/c1-20-16-35(21(2)19-36)29(37)26-15-25(33-31(40)32-24-7-5-4-6-8-24)13-14-27(26)41-28(20)18-34(3)17-22-9-11-23(12-10-22)30(38)39/h9-15,20-21,24,28,36H,4-8,16-19H2,1-3H3,(H,38,39)(H2,32,33,40)/t20-,21+,28-/m1/s1. The third kappa shape index (κ3) is 7.98. The summed E-state index contributed by atoms with van der Waals surface area (Å²) >= 11 is 0. The van der Waals surface area contributed by atoms with Gasteiger partial charge in [0.15, 0.2) is 0 Å². The average molecular weight is 567 g/mol. The van der Waals surface area contributed by atoms with Crippen molar-refractivity contribution >= 4 is 23.6 Å². The Morgan fingerprint density at radius 3 is 2.49 bits per heavy atom. The Morgan fingerprint density at radius 2 is 1.83 bits per heavy atom. The summed E-state index contributed by atoms with van der Waals surface area (Å²) in [6.45, 7) is 5.21. The second-order valence-corrected chi connectivity index (χ2v) is 11.5. The van der Waals surface area contributed by atoms with Gasteiger partial charge in [0, 0.05) is 37.3 Å². The quantitative estimate of drug-likeness (QED) is 0.358. The number of likely N-dealkylation sites (N-methyl/N-ethyl adjacent to an activating group) is 1. The molecule has 1 heterocycles. The highest BCUT2D eigenvalue weighted by Crippen LogP contribution is 2.31. The lowest BCUT2D eigenvalue weighted by Crippen LogP contribution is -2.49. The van der Waals surface area contributed by atoms with Gasteiger partial charge in [-0.1, -0.05) is 38.3 Å². The molecule has 0 unspecified atom stereocenters. The first-order valence-electron chi connectivity index (χ1n) is 14.5. The smallest absolute Gasteiger partial charge is 0.335 e. The largest absolute Gasteiger partial charge is 0.488 e. The third-order valence-electron chi connectivity index (χ3n) is 8.01. The van der Waals surface area contributed by atoms with E-state index in [9.17, 15) is 19.5 Å². The number of aliphatic hydroxyl groups excluding tert-OH is 1. The van der Waals surface area contributed by atoms with E-state index in [0.717, 1.165) is 31.2 Å². The van der Waals surface area contributed by atoms with Gasteiger partial charge in [0.1, 0.15) is 11.9 Å². The van der Waals surface area contributed by atoms with Crippen molar-refractivity contribution in [2.45, 2.75) is 70.7 Å². The maximum Gasteiger partial charge on any atom is 0.335 e. The normalized spacial score (nSPS) is 20.4. The Balaban J connectivity index is 1.51. The van der Waals surface area contributed by atoms with E-state index >= 15 is 0 Å². The van der Waals surface area contributed by atoms with Gasteiger partial charge in [0.05, 0.1) is 23.8 Å². The summed E-state index contributed by atoms with van der Waals surface area (Å²) in [6.07, 6.45) is 5.09. The minimum Gasteiger partial charge on any atom is -0.488 e. The number of carbonyl (C=O) groups excluding carboxylic acids is 2. The molecular formula is C31H42N4O6. The zero-order valence-corrected chi connectivity index (χ0v) is 24.1. The van der Waals surface area contributed by atoms with Gasteiger partial charge in [-0.25, -0.2) is 9.59 Å². The SMILES string of the molecule is C[C@@H]1CN([C@@H](C)CO)C(=O)c2cc(NC(=O)NC3CCCCC3)ccc2O[C@@H]1CN(C)Cc1ccc(C(=O)O)cc1. The number of aliphatic hydroxyl groups is 1. The number of rotatable bonds is 9. The maximum atomic E-state index is 13.7. The minimum absolute atomic E-state index is 0.0444. The van der Waals surface area contributed by atoms with Crippen LogP contribution < -0.4 is 15.4 Å². The molecule has 0 saturated heterocycles. The summed E-state index contributed by atoms with van der Waals surface area (Å²) in [7, 11) is 1.97. The van der Waals surface area contributed by atoms with Gasteiger partial charge in [-0.15, -0.1) is 0 Å². The Hall–Kier alpha value is -3.63. The number of fused-ring (bicyclic) bond motifs is 1. The average Bonchev–Trinajstić information content (AvgIpc) is 2.95. The first-order valence-corrected chi connectivity index (χ1v) is 14.5. The van der Waals surface area contributed by atoms with Gasteiger partial charge in [-0.2, -0.15) is 0 Å². The van der Waals surface area contributed by atoms with Gasteiger partial charge in [-0.3, -0.25) is 9.69 Å². The van der Waals surface area contributed by atoms with E-state index in [-0.39, 0.29) is 42.2 Å². The monoisotopic (exact) mass is 566 g/mol. The van der Waals surface area contributed by atoms with Crippen LogP contribution in [0, 0.1) is 5.92 Å². The van der Waals surface area contributed by atoms with Crippen molar-refractivity contribution < 1.29 is 29.3 Å². The maximum absolute atomic E-state index is 13.7. The number of hydrogen-bond acceptors (Lipinski definition) is 6. The zero-order valence-electron chi connectivity index (χ0n) is 24.1. The Labute approximate surface area is 241 Å². The van der Waals surface area contributed by atoms with E-state index in [1.54, 1.807) is 47.4 Å². The van der Waals surface area contributed by atoms with Crippen LogP contribution in [0.4, 0.5) is 10.5 Å². The molecule has 10 heteroatoms. The summed E-state index contributed by atoms with van der Waals surface area (Å²) < 4.78 is 6.46. The van der Waals surface area contributed by atoms with Crippen molar-refractivity contribution in [3.63, 3.8) is 0 Å². The number of ether oxygens (including phenoxy) is 1. The molecule has 41 heavy (non-hydrogen) atoms. The van der Waals surface area contributed by atoms with Crippen LogP contribution in [-0.4, -0.2) is 82.9 Å². The van der Waals surface area contributed by atoms with Crippen molar-refractivity contribution in [1.29, 1.82) is 0 Å². The first kappa shape index (κ1) is 30.3. The van der Waals surface area contributed by atoms with Gasteiger partial charge >= 0.3 is 12.0 Å². The van der Waals surface area contributed by atoms with Crippen LogP contribution in [0.2, 0.25) is 0 Å². The van der Waals surface area contributed by atoms with E-state index in [4.69, 9.17) is 9.84 Å². The van der Waals surface area contributed by atoms with E-state index < -0.39 is 12.0 Å². The fourth-order valence-corrected chi connectivity index (χ4v) is 5.55. The number of anilines is 1. The van der Waals surface area contributed by atoms with Gasteiger partial charge in [0.2, 0.25) is 0 Å². The molecule has 2 aromatic rings. The topological polar surface area (TPSA) is 131 Å². The van der Waals surface area contributed by atoms with E-state index in [1.165, 1.54) is 6.42 Å². The molecule has 4 N–H and O–H groups in total. The molecule has 1 aliphatic carbocycles. The number of hydrogen-bond donors (Lipinski definition) is 4. The molecule has 1 saturated carbocycles. The predicted octanol–water partition coefficient (Wildman–Crippen LogP) is 4.19. The molecule has 0 radical (unpaired) electrons. The predicted molar refractivity (Wildman–Crippen MR) is 156 cm³/mol. The number of urea groups is 1. The second kappa shape index (κ2) is 13.8. The number of amides is 3. The van der Waals surface area contributed by atoms with Crippen molar-refractivity contribution in [3.05, 3.63) is 59.2 Å². The molecule has 1 fully saturated rings. The van der Waals surface area contributed by atoms with Gasteiger partial charge < -0.3 is 30.5 Å². The van der Waals surface area contributed by atoms with Crippen LogP contribution in [-0.2, 0) is 6.54 Å². The van der Waals surface area contributed by atoms with Crippen molar-refractivity contribution in [1.82, 2.24) is 15.1 Å². The minimum atomic E-state index is -0.959. The van der Waals surface area contributed by atoms with Crippen LogP contribution >= 0.6 is 0 Å². The number of nitrogens with zero attached hydrogens (tertiary/aromatic N) is 2. The lowest BCUT2D eigenvalue weighted by molar-refractivity contribution is 0.0341. The third-order valence-corrected chi connectivity index (χ3v) is 8.01. The molecule has 2 aliphatic rings. The highest BCUT2D eigenvalue weighted by atomic mass is 16.5. The van der Waals surface area contributed by atoms with Crippen molar-refractivity contribution in [2.75, 3.05) is 32.1 Å². The van der Waals surface area contributed by atoms with Crippen LogP contribution in [0.3, 0.4) is 0 Å². The number of aromatic carboxylic acids is 1. The highest BCUT2D eigenvalue weighted by molar-refractivity contribution is 5.99. The van der Waals surface area contributed by atoms with E-state index in [0.29, 0.717) is 36.6 Å².